The maximum Gasteiger partial charge on any atom is 0.261 e. The number of carbonyl (C=O) groups is 1. The van der Waals surface area contributed by atoms with Crippen LogP contribution in [-0.2, 0) is 16.6 Å². The number of nitrogens with one attached hydrogen (secondary N) is 2. The highest BCUT2D eigenvalue weighted by Crippen LogP contribution is 2.19. The molecule has 0 aromatic heterocycles. The van der Waals surface area contributed by atoms with Gasteiger partial charge in [-0.2, -0.15) is 0 Å². The molecule has 2 N–H and O–H groups in total. The highest BCUT2D eigenvalue weighted by atomic mass is 32.2. The Labute approximate surface area is 165 Å². The maximum absolute atomic E-state index is 12.6. The molecule has 0 fully saturated rings. The van der Waals surface area contributed by atoms with E-state index in [1.54, 1.807) is 12.1 Å². The molecule has 144 valence electrons. The molecule has 0 radical (unpaired) electrons. The predicted octanol–water partition coefficient (Wildman–Crippen LogP) is 4.03. The van der Waals surface area contributed by atoms with Crippen LogP contribution in [0.1, 0.15) is 27.0 Å². The second-order valence-electron chi connectivity index (χ2n) is 6.60. The van der Waals surface area contributed by atoms with E-state index in [-0.39, 0.29) is 10.8 Å². The average Bonchev–Trinajstić information content (AvgIpc) is 2.69. The van der Waals surface area contributed by atoms with Crippen molar-refractivity contribution in [3.63, 3.8) is 0 Å². The van der Waals surface area contributed by atoms with Crippen molar-refractivity contribution >= 4 is 21.6 Å². The minimum absolute atomic E-state index is 0.102. The van der Waals surface area contributed by atoms with E-state index in [4.69, 9.17) is 0 Å². The van der Waals surface area contributed by atoms with Crippen LogP contribution in [0.25, 0.3) is 0 Å². The zero-order chi connectivity index (χ0) is 20.1. The molecule has 0 unspecified atom stereocenters. The van der Waals surface area contributed by atoms with E-state index in [1.807, 2.05) is 50.2 Å². The molecule has 0 saturated heterocycles. The Balaban J connectivity index is 1.68. The topological polar surface area (TPSA) is 75.3 Å². The summed E-state index contributed by atoms with van der Waals surface area (Å²) in [5.41, 5.74) is 4.00. The lowest BCUT2D eigenvalue weighted by atomic mass is 10.1. The van der Waals surface area contributed by atoms with Crippen LogP contribution in [0.5, 0.6) is 0 Å². The number of aryl methyl sites for hydroxylation is 2. The van der Waals surface area contributed by atoms with Gasteiger partial charge in [0.1, 0.15) is 0 Å². The summed E-state index contributed by atoms with van der Waals surface area (Å²) in [5.74, 6) is -0.255. The number of amides is 1. The molecule has 0 saturated carbocycles. The molecule has 0 aliphatic rings. The lowest BCUT2D eigenvalue weighted by Gasteiger charge is -2.10. The van der Waals surface area contributed by atoms with E-state index in [1.165, 1.54) is 24.3 Å². The quantitative estimate of drug-likeness (QED) is 0.663. The molecule has 3 aromatic rings. The summed E-state index contributed by atoms with van der Waals surface area (Å²) in [4.78, 5) is 12.4. The Morgan fingerprint density at radius 1 is 0.857 bits per heavy atom. The standard InChI is InChI=1S/C22H22N2O3S/c1-16-8-11-20(14-17(16)2)24-28(26,27)21-12-9-19(10-13-21)22(25)23-15-18-6-4-3-5-7-18/h3-14,24H,15H2,1-2H3,(H,23,25). The summed E-state index contributed by atoms with van der Waals surface area (Å²) in [5, 5.41) is 2.82. The van der Waals surface area contributed by atoms with Crippen LogP contribution in [-0.4, -0.2) is 14.3 Å². The van der Waals surface area contributed by atoms with Crippen LogP contribution in [0.15, 0.2) is 77.7 Å². The molecule has 3 rings (SSSR count). The molecule has 5 nitrogen and oxygen atoms in total. The van der Waals surface area contributed by atoms with Crippen molar-refractivity contribution in [1.29, 1.82) is 0 Å². The molecular weight excluding hydrogens is 372 g/mol. The van der Waals surface area contributed by atoms with Crippen molar-refractivity contribution in [1.82, 2.24) is 5.32 Å². The predicted molar refractivity (Wildman–Crippen MR) is 111 cm³/mol. The highest BCUT2D eigenvalue weighted by molar-refractivity contribution is 7.92. The Hall–Kier alpha value is -3.12. The van der Waals surface area contributed by atoms with Gasteiger partial charge in [-0.05, 0) is 66.9 Å². The number of anilines is 1. The van der Waals surface area contributed by atoms with Gasteiger partial charge in [0.25, 0.3) is 15.9 Å². The molecule has 1 amide bonds. The van der Waals surface area contributed by atoms with Gasteiger partial charge >= 0.3 is 0 Å². The second-order valence-corrected chi connectivity index (χ2v) is 8.28. The van der Waals surface area contributed by atoms with Gasteiger partial charge in [-0.3, -0.25) is 9.52 Å². The van der Waals surface area contributed by atoms with Crippen LogP contribution >= 0.6 is 0 Å². The summed E-state index contributed by atoms with van der Waals surface area (Å²) in [6.07, 6.45) is 0. The molecule has 0 spiro atoms. The molecule has 28 heavy (non-hydrogen) atoms. The molecule has 0 aliphatic carbocycles. The first kappa shape index (κ1) is 19.6. The van der Waals surface area contributed by atoms with Crippen LogP contribution < -0.4 is 10.0 Å². The number of rotatable bonds is 6. The maximum atomic E-state index is 12.6. The SMILES string of the molecule is Cc1ccc(NS(=O)(=O)c2ccc(C(=O)NCc3ccccc3)cc2)cc1C. The zero-order valence-electron chi connectivity index (χ0n) is 15.8. The Bertz CT molecular complexity index is 1080. The Kier molecular flexibility index (Phi) is 5.80. The van der Waals surface area contributed by atoms with Crippen molar-refractivity contribution in [2.45, 2.75) is 25.3 Å². The van der Waals surface area contributed by atoms with Crippen molar-refractivity contribution < 1.29 is 13.2 Å². The third-order valence-corrected chi connectivity index (χ3v) is 5.88. The first-order valence-corrected chi connectivity index (χ1v) is 10.4. The number of hydrogen-bond donors (Lipinski definition) is 2. The third kappa shape index (κ3) is 4.78. The fourth-order valence-corrected chi connectivity index (χ4v) is 3.73. The fourth-order valence-electron chi connectivity index (χ4n) is 2.68. The largest absolute Gasteiger partial charge is 0.348 e. The molecular formula is C22H22N2O3S. The molecule has 0 bridgehead atoms. The van der Waals surface area contributed by atoms with E-state index in [2.05, 4.69) is 10.0 Å². The fraction of sp³-hybridized carbons (Fsp3) is 0.136. The Morgan fingerprint density at radius 2 is 1.54 bits per heavy atom. The smallest absolute Gasteiger partial charge is 0.261 e. The highest BCUT2D eigenvalue weighted by Gasteiger charge is 2.15. The van der Waals surface area contributed by atoms with E-state index in [0.717, 1.165) is 16.7 Å². The van der Waals surface area contributed by atoms with Gasteiger partial charge < -0.3 is 5.32 Å². The number of benzene rings is 3. The van der Waals surface area contributed by atoms with E-state index in [9.17, 15) is 13.2 Å². The summed E-state index contributed by atoms with van der Waals surface area (Å²) in [7, 11) is -3.72. The lowest BCUT2D eigenvalue weighted by Crippen LogP contribution is -2.22. The second kappa shape index (κ2) is 8.27. The normalized spacial score (nSPS) is 11.1. The minimum Gasteiger partial charge on any atom is -0.348 e. The number of sulfonamides is 1. The molecule has 3 aromatic carbocycles. The van der Waals surface area contributed by atoms with Gasteiger partial charge in [-0.25, -0.2) is 8.42 Å². The average molecular weight is 394 g/mol. The van der Waals surface area contributed by atoms with Crippen LogP contribution in [0, 0.1) is 13.8 Å². The summed E-state index contributed by atoms with van der Waals surface area (Å²) >= 11 is 0. The van der Waals surface area contributed by atoms with Crippen LogP contribution in [0.3, 0.4) is 0 Å². The van der Waals surface area contributed by atoms with E-state index in [0.29, 0.717) is 17.8 Å². The van der Waals surface area contributed by atoms with E-state index < -0.39 is 10.0 Å². The van der Waals surface area contributed by atoms with Gasteiger partial charge in [0.2, 0.25) is 0 Å². The molecule has 0 heterocycles. The van der Waals surface area contributed by atoms with Gasteiger partial charge in [0.05, 0.1) is 4.90 Å². The minimum atomic E-state index is -3.72. The molecule has 6 heteroatoms. The van der Waals surface area contributed by atoms with Gasteiger partial charge in [0.15, 0.2) is 0 Å². The first-order chi connectivity index (χ1) is 13.3. The summed E-state index contributed by atoms with van der Waals surface area (Å²) in [6.45, 7) is 4.30. The van der Waals surface area contributed by atoms with Crippen LogP contribution in [0.4, 0.5) is 5.69 Å². The van der Waals surface area contributed by atoms with Crippen molar-refractivity contribution in [2.24, 2.45) is 0 Å². The summed E-state index contributed by atoms with van der Waals surface area (Å²) in [6, 6.07) is 20.8. The van der Waals surface area contributed by atoms with Crippen molar-refractivity contribution in [3.8, 4) is 0 Å². The Morgan fingerprint density at radius 3 is 2.18 bits per heavy atom. The number of hydrogen-bond acceptors (Lipinski definition) is 3. The van der Waals surface area contributed by atoms with Crippen molar-refractivity contribution in [3.05, 3.63) is 95.1 Å². The van der Waals surface area contributed by atoms with E-state index >= 15 is 0 Å². The van der Waals surface area contributed by atoms with Crippen molar-refractivity contribution in [2.75, 3.05) is 4.72 Å². The van der Waals surface area contributed by atoms with Gasteiger partial charge in [0, 0.05) is 17.8 Å². The lowest BCUT2D eigenvalue weighted by molar-refractivity contribution is 0.0951. The third-order valence-electron chi connectivity index (χ3n) is 4.48. The summed E-state index contributed by atoms with van der Waals surface area (Å²) < 4.78 is 27.7. The zero-order valence-corrected chi connectivity index (χ0v) is 16.6. The molecule has 0 aliphatic heterocycles. The van der Waals surface area contributed by atoms with Gasteiger partial charge in [-0.1, -0.05) is 36.4 Å². The van der Waals surface area contributed by atoms with Gasteiger partial charge in [-0.15, -0.1) is 0 Å². The monoisotopic (exact) mass is 394 g/mol. The molecule has 0 atom stereocenters. The van der Waals surface area contributed by atoms with Crippen LogP contribution in [0.2, 0.25) is 0 Å². The number of carbonyl (C=O) groups excluding carboxylic acids is 1. The first-order valence-electron chi connectivity index (χ1n) is 8.87.